The van der Waals surface area contributed by atoms with E-state index >= 15 is 0 Å². The highest BCUT2D eigenvalue weighted by atomic mass is 35.5. The third-order valence-electron chi connectivity index (χ3n) is 3.66. The highest BCUT2D eigenvalue weighted by Gasteiger charge is 2.25. The summed E-state index contributed by atoms with van der Waals surface area (Å²) in [5.74, 6) is 0.766. The Labute approximate surface area is 143 Å². The minimum Gasteiger partial charge on any atom is -0.491 e. The summed E-state index contributed by atoms with van der Waals surface area (Å²) >= 11 is 6.03. The lowest BCUT2D eigenvalue weighted by molar-refractivity contribution is -0.120. The maximum absolute atomic E-state index is 12.4. The van der Waals surface area contributed by atoms with Crippen molar-refractivity contribution in [1.29, 1.82) is 0 Å². The van der Waals surface area contributed by atoms with E-state index in [1.54, 1.807) is 18.2 Å². The van der Waals surface area contributed by atoms with Crippen molar-refractivity contribution in [3.8, 4) is 5.75 Å². The van der Waals surface area contributed by atoms with E-state index in [1.807, 2.05) is 6.92 Å². The summed E-state index contributed by atoms with van der Waals surface area (Å²) in [6, 6.07) is 5.70. The Morgan fingerprint density at radius 1 is 1.50 bits per heavy atom. The fraction of sp³-hybridized carbons (Fsp3) is 0.562. The van der Waals surface area contributed by atoms with Crippen LogP contribution < -0.4 is 15.4 Å². The van der Waals surface area contributed by atoms with Gasteiger partial charge in [-0.2, -0.15) is 0 Å². The highest BCUT2D eigenvalue weighted by Crippen LogP contribution is 2.29. The van der Waals surface area contributed by atoms with Crippen molar-refractivity contribution in [2.75, 3.05) is 18.5 Å². The predicted octanol–water partition coefficient (Wildman–Crippen LogP) is 3.88. The van der Waals surface area contributed by atoms with Crippen LogP contribution in [0, 0.1) is 5.92 Å². The van der Waals surface area contributed by atoms with Crippen molar-refractivity contribution >= 4 is 35.6 Å². The van der Waals surface area contributed by atoms with Crippen molar-refractivity contribution in [2.45, 2.75) is 39.2 Å². The standard InChI is InChI=1S/C16H23ClN2O2.ClH/c1-3-8-21-15-5-4-13(17)10-14(15)19-16(20)12-6-7-18-11(2)9-12;/h4-5,10-12,18H,3,6-9H2,1-2H3,(H,19,20);1H/t11-,12-;/m0./s1. The van der Waals surface area contributed by atoms with Gasteiger partial charge in [-0.05, 0) is 50.9 Å². The molecule has 0 unspecified atom stereocenters. The van der Waals surface area contributed by atoms with Gasteiger partial charge in [-0.1, -0.05) is 18.5 Å². The number of rotatable bonds is 5. The molecule has 2 rings (SSSR count). The topological polar surface area (TPSA) is 50.4 Å². The number of anilines is 1. The minimum atomic E-state index is 0. The Bertz CT molecular complexity index is 497. The molecule has 22 heavy (non-hydrogen) atoms. The SMILES string of the molecule is CCCOc1ccc(Cl)cc1NC(=O)[C@H]1CCN[C@@H](C)C1.Cl. The summed E-state index contributed by atoms with van der Waals surface area (Å²) in [5, 5.41) is 6.92. The fourth-order valence-electron chi connectivity index (χ4n) is 2.54. The van der Waals surface area contributed by atoms with Gasteiger partial charge in [0.25, 0.3) is 0 Å². The van der Waals surface area contributed by atoms with Gasteiger partial charge in [0.15, 0.2) is 0 Å². The molecule has 1 heterocycles. The van der Waals surface area contributed by atoms with Gasteiger partial charge in [0.05, 0.1) is 12.3 Å². The molecular weight excluding hydrogens is 323 g/mol. The maximum atomic E-state index is 12.4. The monoisotopic (exact) mass is 346 g/mol. The molecule has 124 valence electrons. The summed E-state index contributed by atoms with van der Waals surface area (Å²) in [6.07, 6.45) is 2.64. The fourth-order valence-corrected chi connectivity index (χ4v) is 2.71. The van der Waals surface area contributed by atoms with E-state index < -0.39 is 0 Å². The second-order valence-electron chi connectivity index (χ2n) is 5.55. The number of hydrogen-bond donors (Lipinski definition) is 2. The van der Waals surface area contributed by atoms with Gasteiger partial charge in [0, 0.05) is 17.0 Å². The average molecular weight is 347 g/mol. The lowest BCUT2D eigenvalue weighted by atomic mass is 9.92. The number of benzene rings is 1. The largest absolute Gasteiger partial charge is 0.491 e. The molecule has 0 aliphatic carbocycles. The summed E-state index contributed by atoms with van der Waals surface area (Å²) in [5.41, 5.74) is 0.659. The van der Waals surface area contributed by atoms with Crippen molar-refractivity contribution in [1.82, 2.24) is 5.32 Å². The minimum absolute atomic E-state index is 0. The van der Waals surface area contributed by atoms with Gasteiger partial charge in [-0.3, -0.25) is 4.79 Å². The lowest BCUT2D eigenvalue weighted by Gasteiger charge is -2.27. The Morgan fingerprint density at radius 3 is 2.95 bits per heavy atom. The van der Waals surface area contributed by atoms with Crippen LogP contribution in [-0.2, 0) is 4.79 Å². The maximum Gasteiger partial charge on any atom is 0.227 e. The summed E-state index contributed by atoms with van der Waals surface area (Å²) in [6.45, 7) is 5.65. The third kappa shape index (κ3) is 5.34. The number of ether oxygens (including phenoxy) is 1. The molecule has 1 aliphatic rings. The summed E-state index contributed by atoms with van der Waals surface area (Å²) in [4.78, 5) is 12.4. The quantitative estimate of drug-likeness (QED) is 0.850. The van der Waals surface area contributed by atoms with Crippen LogP contribution in [0.1, 0.15) is 33.1 Å². The van der Waals surface area contributed by atoms with Crippen molar-refractivity contribution in [2.24, 2.45) is 5.92 Å². The molecule has 2 atom stereocenters. The first-order valence-corrected chi connectivity index (χ1v) is 7.94. The van der Waals surface area contributed by atoms with E-state index in [-0.39, 0.29) is 24.2 Å². The number of carbonyl (C=O) groups is 1. The zero-order chi connectivity index (χ0) is 15.2. The van der Waals surface area contributed by atoms with E-state index in [0.29, 0.717) is 29.1 Å². The van der Waals surface area contributed by atoms with E-state index in [0.717, 1.165) is 25.8 Å². The van der Waals surface area contributed by atoms with E-state index in [9.17, 15) is 4.79 Å². The number of piperidine rings is 1. The summed E-state index contributed by atoms with van der Waals surface area (Å²) < 4.78 is 5.66. The molecular formula is C16H24Cl2N2O2. The van der Waals surface area contributed by atoms with Gasteiger partial charge in [-0.25, -0.2) is 0 Å². The third-order valence-corrected chi connectivity index (χ3v) is 3.89. The second-order valence-corrected chi connectivity index (χ2v) is 5.99. The van der Waals surface area contributed by atoms with Crippen LogP contribution in [0.25, 0.3) is 0 Å². The molecule has 0 aromatic heterocycles. The second kappa shape index (κ2) is 9.23. The highest BCUT2D eigenvalue weighted by molar-refractivity contribution is 6.31. The van der Waals surface area contributed by atoms with E-state index in [4.69, 9.17) is 16.3 Å². The van der Waals surface area contributed by atoms with Crippen LogP contribution in [0.15, 0.2) is 18.2 Å². The molecule has 0 saturated carbocycles. The normalized spacial score (nSPS) is 20.9. The molecule has 4 nitrogen and oxygen atoms in total. The summed E-state index contributed by atoms with van der Waals surface area (Å²) in [7, 11) is 0. The van der Waals surface area contributed by atoms with E-state index in [2.05, 4.69) is 17.6 Å². The molecule has 1 saturated heterocycles. The molecule has 0 bridgehead atoms. The molecule has 1 aliphatic heterocycles. The molecule has 0 radical (unpaired) electrons. The Kier molecular flexibility index (Phi) is 8.01. The molecule has 0 spiro atoms. The molecule has 1 fully saturated rings. The van der Waals surface area contributed by atoms with Gasteiger partial charge in [0.1, 0.15) is 5.75 Å². The zero-order valence-corrected chi connectivity index (χ0v) is 14.6. The first-order chi connectivity index (χ1) is 10.1. The van der Waals surface area contributed by atoms with Crippen LogP contribution in [0.5, 0.6) is 5.75 Å². The van der Waals surface area contributed by atoms with Gasteiger partial charge in [-0.15, -0.1) is 12.4 Å². The lowest BCUT2D eigenvalue weighted by Crippen LogP contribution is -2.40. The smallest absolute Gasteiger partial charge is 0.227 e. The number of hydrogen-bond acceptors (Lipinski definition) is 3. The number of amides is 1. The van der Waals surface area contributed by atoms with Gasteiger partial charge < -0.3 is 15.4 Å². The van der Waals surface area contributed by atoms with Crippen LogP contribution in [0.2, 0.25) is 5.02 Å². The molecule has 1 amide bonds. The van der Waals surface area contributed by atoms with Gasteiger partial charge >= 0.3 is 0 Å². The van der Waals surface area contributed by atoms with Crippen LogP contribution in [0.4, 0.5) is 5.69 Å². The van der Waals surface area contributed by atoms with Crippen LogP contribution in [-0.4, -0.2) is 25.1 Å². The molecule has 6 heteroatoms. The van der Waals surface area contributed by atoms with Crippen molar-refractivity contribution in [3.63, 3.8) is 0 Å². The van der Waals surface area contributed by atoms with Crippen molar-refractivity contribution in [3.05, 3.63) is 23.2 Å². The molecule has 1 aromatic carbocycles. The van der Waals surface area contributed by atoms with E-state index in [1.165, 1.54) is 0 Å². The zero-order valence-electron chi connectivity index (χ0n) is 13.0. The number of carbonyl (C=O) groups excluding carboxylic acids is 1. The first-order valence-electron chi connectivity index (χ1n) is 7.56. The van der Waals surface area contributed by atoms with Crippen LogP contribution in [0.3, 0.4) is 0 Å². The van der Waals surface area contributed by atoms with Crippen molar-refractivity contribution < 1.29 is 9.53 Å². The van der Waals surface area contributed by atoms with Gasteiger partial charge in [0.2, 0.25) is 5.91 Å². The molecule has 2 N–H and O–H groups in total. The number of halogens is 2. The first kappa shape index (κ1) is 19.1. The Hall–Kier alpha value is -0.970. The predicted molar refractivity (Wildman–Crippen MR) is 93.3 cm³/mol. The Morgan fingerprint density at radius 2 is 2.27 bits per heavy atom. The Balaban J connectivity index is 0.00000242. The van der Waals surface area contributed by atoms with Crippen LogP contribution >= 0.6 is 24.0 Å². The molecule has 1 aromatic rings. The average Bonchev–Trinajstić information content (AvgIpc) is 2.46. The number of nitrogens with one attached hydrogen (secondary N) is 2.